The van der Waals surface area contributed by atoms with Crippen LogP contribution in [0.2, 0.25) is 0 Å². The number of furan rings is 2. The number of nitrogens with one attached hydrogen (secondary N) is 1. The summed E-state index contributed by atoms with van der Waals surface area (Å²) >= 11 is 3.52. The monoisotopic (exact) mass is 480 g/mol. The minimum atomic E-state index is -0.311. The Balaban J connectivity index is 1.64. The number of fused-ring (bicyclic) bond motifs is 1. The number of nitrogens with zero attached hydrogens (tertiary/aromatic N) is 1. The molecule has 31 heavy (non-hydrogen) atoms. The lowest BCUT2D eigenvalue weighted by Crippen LogP contribution is -2.39. The maximum Gasteiger partial charge on any atom is 0.291 e. The normalized spacial score (nSPS) is 15.8. The Kier molecular flexibility index (Phi) is 5.63. The molecule has 0 spiro atoms. The smallest absolute Gasteiger partial charge is 0.291 e. The van der Waals surface area contributed by atoms with Gasteiger partial charge in [-0.1, -0.05) is 40.2 Å². The van der Waals surface area contributed by atoms with E-state index in [-0.39, 0.29) is 17.7 Å². The molecule has 1 saturated heterocycles. The van der Waals surface area contributed by atoms with Gasteiger partial charge in [-0.05, 0) is 42.0 Å². The summed E-state index contributed by atoms with van der Waals surface area (Å²) in [7, 11) is 0. The number of carbonyl (C=O) groups excluding carboxylic acids is 1. The van der Waals surface area contributed by atoms with Crippen LogP contribution in [-0.4, -0.2) is 37.1 Å². The molecule has 5 rings (SSSR count). The van der Waals surface area contributed by atoms with Crippen LogP contribution >= 0.6 is 15.9 Å². The summed E-state index contributed by atoms with van der Waals surface area (Å²) in [6.45, 7) is 2.84. The third kappa shape index (κ3) is 4.04. The molecule has 158 valence electrons. The maximum absolute atomic E-state index is 12.9. The molecule has 6 nitrogen and oxygen atoms in total. The molecule has 1 aliphatic rings. The Morgan fingerprint density at radius 3 is 2.52 bits per heavy atom. The van der Waals surface area contributed by atoms with Crippen LogP contribution in [0, 0.1) is 0 Å². The van der Waals surface area contributed by atoms with Gasteiger partial charge in [-0.3, -0.25) is 9.69 Å². The van der Waals surface area contributed by atoms with Crippen molar-refractivity contribution in [1.82, 2.24) is 4.90 Å². The largest absolute Gasteiger partial charge is 0.459 e. The molecule has 3 heterocycles. The lowest BCUT2D eigenvalue weighted by atomic mass is 10.0. The van der Waals surface area contributed by atoms with Crippen LogP contribution in [0.1, 0.15) is 27.9 Å². The molecule has 2 aromatic carbocycles. The van der Waals surface area contributed by atoms with Crippen molar-refractivity contribution in [2.75, 3.05) is 31.6 Å². The van der Waals surface area contributed by atoms with E-state index in [9.17, 15) is 4.79 Å². The van der Waals surface area contributed by atoms with Crippen LogP contribution in [-0.2, 0) is 4.74 Å². The molecule has 0 aliphatic carbocycles. The molecule has 0 saturated carbocycles. The SMILES string of the molecule is O=C(Nc1c([C@@H](c2ccc(Br)cc2)N2CCOCC2)oc2ccccc12)c1ccco1. The van der Waals surface area contributed by atoms with Crippen LogP contribution in [0.5, 0.6) is 0 Å². The van der Waals surface area contributed by atoms with Crippen molar-refractivity contribution in [2.24, 2.45) is 0 Å². The van der Waals surface area contributed by atoms with Gasteiger partial charge in [0.2, 0.25) is 0 Å². The number of hydrogen-bond acceptors (Lipinski definition) is 5. The average molecular weight is 481 g/mol. The first-order valence-corrected chi connectivity index (χ1v) is 10.9. The number of amides is 1. The van der Waals surface area contributed by atoms with Crippen molar-refractivity contribution >= 4 is 38.5 Å². The Morgan fingerprint density at radius 1 is 1.00 bits per heavy atom. The fraction of sp³-hybridized carbons (Fsp3) is 0.208. The molecular formula is C24H21BrN2O4. The Bertz CT molecular complexity index is 1180. The minimum Gasteiger partial charge on any atom is -0.459 e. The van der Waals surface area contributed by atoms with Gasteiger partial charge in [0.25, 0.3) is 5.91 Å². The van der Waals surface area contributed by atoms with E-state index in [0.29, 0.717) is 24.7 Å². The van der Waals surface area contributed by atoms with E-state index in [2.05, 4.69) is 38.3 Å². The molecular weight excluding hydrogens is 460 g/mol. The number of hydrogen-bond donors (Lipinski definition) is 1. The van der Waals surface area contributed by atoms with Crippen LogP contribution < -0.4 is 5.32 Å². The second-order valence-corrected chi connectivity index (χ2v) is 8.29. The Labute approximate surface area is 187 Å². The van der Waals surface area contributed by atoms with Gasteiger partial charge in [0, 0.05) is 22.9 Å². The summed E-state index contributed by atoms with van der Waals surface area (Å²) in [6, 6.07) is 19.1. The van der Waals surface area contributed by atoms with Gasteiger partial charge in [-0.2, -0.15) is 0 Å². The van der Waals surface area contributed by atoms with Crippen molar-refractivity contribution < 1.29 is 18.4 Å². The zero-order valence-corrected chi connectivity index (χ0v) is 18.3. The summed E-state index contributed by atoms with van der Waals surface area (Å²) in [5, 5.41) is 3.90. The fourth-order valence-electron chi connectivity index (χ4n) is 3.98. The van der Waals surface area contributed by atoms with E-state index in [1.54, 1.807) is 12.1 Å². The van der Waals surface area contributed by atoms with Crippen molar-refractivity contribution in [1.29, 1.82) is 0 Å². The standard InChI is InChI=1S/C24H21BrN2O4/c25-17-9-7-16(8-10-17)22(27-11-14-29-15-12-27)23-21(18-4-1-2-5-19(18)31-23)26-24(28)20-6-3-13-30-20/h1-10,13,22H,11-12,14-15H2,(H,26,28)/t22-/m1/s1. The number of rotatable bonds is 5. The van der Waals surface area contributed by atoms with Gasteiger partial charge in [-0.15, -0.1) is 0 Å². The Hall–Kier alpha value is -2.87. The minimum absolute atomic E-state index is 0.170. The highest BCUT2D eigenvalue weighted by atomic mass is 79.9. The molecule has 1 atom stereocenters. The molecule has 7 heteroatoms. The molecule has 1 fully saturated rings. The number of para-hydroxylation sites is 1. The number of anilines is 1. The first-order valence-electron chi connectivity index (χ1n) is 10.1. The van der Waals surface area contributed by atoms with Gasteiger partial charge in [0.05, 0.1) is 31.2 Å². The summed E-state index contributed by atoms with van der Waals surface area (Å²) in [6.07, 6.45) is 1.49. The molecule has 4 aromatic rings. The quantitative estimate of drug-likeness (QED) is 0.410. The van der Waals surface area contributed by atoms with E-state index >= 15 is 0 Å². The molecule has 0 bridgehead atoms. The predicted molar refractivity (Wildman–Crippen MR) is 121 cm³/mol. The number of benzene rings is 2. The molecule has 2 aromatic heterocycles. The van der Waals surface area contributed by atoms with E-state index in [4.69, 9.17) is 13.6 Å². The van der Waals surface area contributed by atoms with Crippen molar-refractivity contribution in [3.05, 3.63) is 88.5 Å². The van der Waals surface area contributed by atoms with Crippen molar-refractivity contribution in [3.63, 3.8) is 0 Å². The summed E-state index contributed by atoms with van der Waals surface area (Å²) in [4.78, 5) is 15.2. The second kappa shape index (κ2) is 8.70. The van der Waals surface area contributed by atoms with Gasteiger partial charge >= 0.3 is 0 Å². The average Bonchev–Trinajstić information content (AvgIpc) is 3.45. The lowest BCUT2D eigenvalue weighted by molar-refractivity contribution is 0.0206. The number of ether oxygens (including phenoxy) is 1. The van der Waals surface area contributed by atoms with Crippen LogP contribution in [0.3, 0.4) is 0 Å². The molecule has 0 unspecified atom stereocenters. The first-order chi connectivity index (χ1) is 15.2. The molecule has 0 radical (unpaired) electrons. The van der Waals surface area contributed by atoms with E-state index in [1.807, 2.05) is 36.4 Å². The number of halogens is 1. The van der Waals surface area contributed by atoms with Gasteiger partial charge in [0.15, 0.2) is 5.76 Å². The van der Waals surface area contributed by atoms with Crippen LogP contribution in [0.15, 0.2) is 80.2 Å². The van der Waals surface area contributed by atoms with Crippen molar-refractivity contribution in [3.8, 4) is 0 Å². The van der Waals surface area contributed by atoms with Crippen LogP contribution in [0.4, 0.5) is 5.69 Å². The highest BCUT2D eigenvalue weighted by molar-refractivity contribution is 9.10. The van der Waals surface area contributed by atoms with Crippen LogP contribution in [0.25, 0.3) is 11.0 Å². The topological polar surface area (TPSA) is 67.9 Å². The lowest BCUT2D eigenvalue weighted by Gasteiger charge is -2.34. The Morgan fingerprint density at radius 2 is 1.77 bits per heavy atom. The summed E-state index contributed by atoms with van der Waals surface area (Å²) in [5.74, 6) is 0.641. The van der Waals surface area contributed by atoms with Crippen molar-refractivity contribution in [2.45, 2.75) is 6.04 Å². The second-order valence-electron chi connectivity index (χ2n) is 7.37. The maximum atomic E-state index is 12.9. The molecule has 1 aliphatic heterocycles. The highest BCUT2D eigenvalue weighted by Gasteiger charge is 2.31. The number of morpholine rings is 1. The fourth-order valence-corrected chi connectivity index (χ4v) is 4.24. The number of carbonyl (C=O) groups is 1. The zero-order chi connectivity index (χ0) is 21.2. The third-order valence-electron chi connectivity index (χ3n) is 5.45. The van der Waals surface area contributed by atoms with Gasteiger partial charge < -0.3 is 18.9 Å². The highest BCUT2D eigenvalue weighted by Crippen LogP contribution is 2.41. The van der Waals surface area contributed by atoms with E-state index in [1.165, 1.54) is 6.26 Å². The molecule has 1 N–H and O–H groups in total. The van der Waals surface area contributed by atoms with Gasteiger partial charge in [-0.25, -0.2) is 0 Å². The molecule has 1 amide bonds. The van der Waals surface area contributed by atoms with E-state index in [0.717, 1.165) is 34.1 Å². The first kappa shape index (κ1) is 20.1. The van der Waals surface area contributed by atoms with Gasteiger partial charge in [0.1, 0.15) is 11.3 Å². The zero-order valence-electron chi connectivity index (χ0n) is 16.7. The predicted octanol–water partition coefficient (Wildman–Crippen LogP) is 5.46. The third-order valence-corrected chi connectivity index (χ3v) is 5.98. The summed E-state index contributed by atoms with van der Waals surface area (Å²) < 4.78 is 18.3. The summed E-state index contributed by atoms with van der Waals surface area (Å²) in [5.41, 5.74) is 2.47. The van der Waals surface area contributed by atoms with E-state index < -0.39 is 0 Å².